The molecule has 0 spiro atoms. The van der Waals surface area contributed by atoms with Gasteiger partial charge in [0, 0.05) is 5.69 Å². The van der Waals surface area contributed by atoms with Crippen LogP contribution in [0.5, 0.6) is 11.5 Å². The Hall–Kier alpha value is -3.52. The smallest absolute Gasteiger partial charge is 0.265 e. The molecule has 0 fully saturated rings. The highest BCUT2D eigenvalue weighted by molar-refractivity contribution is 5.94. The van der Waals surface area contributed by atoms with Crippen LogP contribution in [0, 0.1) is 11.3 Å². The molecule has 3 aromatic rings. The molecular formula is C21H18N2O3. The van der Waals surface area contributed by atoms with Crippen molar-refractivity contribution in [3.8, 4) is 17.6 Å². The summed E-state index contributed by atoms with van der Waals surface area (Å²) in [7, 11) is 1.62. The molecule has 3 aromatic carbocycles. The van der Waals surface area contributed by atoms with E-state index in [0.29, 0.717) is 17.0 Å². The van der Waals surface area contributed by atoms with Gasteiger partial charge in [0.2, 0.25) is 0 Å². The first kappa shape index (κ1) is 17.3. The predicted octanol–water partition coefficient (Wildman–Crippen LogP) is 4.13. The molecule has 0 heterocycles. The van der Waals surface area contributed by atoms with Crippen LogP contribution >= 0.6 is 0 Å². The van der Waals surface area contributed by atoms with Crippen molar-refractivity contribution in [1.29, 1.82) is 5.26 Å². The molecule has 1 N–H and O–H groups in total. The molecule has 5 heteroatoms. The second-order valence-corrected chi connectivity index (χ2v) is 5.82. The van der Waals surface area contributed by atoms with Gasteiger partial charge in [0.25, 0.3) is 5.91 Å². The number of ether oxygens (including phenoxy) is 2. The minimum absolute atomic E-state index is 0.286. The van der Waals surface area contributed by atoms with Gasteiger partial charge >= 0.3 is 0 Å². The van der Waals surface area contributed by atoms with Gasteiger partial charge in [0.15, 0.2) is 6.10 Å². The van der Waals surface area contributed by atoms with E-state index in [0.717, 1.165) is 16.5 Å². The molecule has 26 heavy (non-hydrogen) atoms. The third-order valence-corrected chi connectivity index (χ3v) is 3.96. The summed E-state index contributed by atoms with van der Waals surface area (Å²) < 4.78 is 11.0. The Morgan fingerprint density at radius 2 is 1.77 bits per heavy atom. The van der Waals surface area contributed by atoms with E-state index in [2.05, 4.69) is 5.32 Å². The molecule has 0 radical (unpaired) electrons. The molecule has 0 aliphatic heterocycles. The van der Waals surface area contributed by atoms with Gasteiger partial charge in [0.05, 0.1) is 18.7 Å². The van der Waals surface area contributed by atoms with Crippen molar-refractivity contribution in [2.45, 2.75) is 13.0 Å². The number of hydrogen-bond donors (Lipinski definition) is 1. The fourth-order valence-electron chi connectivity index (χ4n) is 2.57. The van der Waals surface area contributed by atoms with E-state index < -0.39 is 6.10 Å². The fraction of sp³-hybridized carbons (Fsp3) is 0.143. The van der Waals surface area contributed by atoms with Crippen LogP contribution in [0.1, 0.15) is 12.5 Å². The molecule has 0 aromatic heterocycles. The quantitative estimate of drug-likeness (QED) is 0.754. The van der Waals surface area contributed by atoms with Crippen LogP contribution < -0.4 is 14.8 Å². The predicted molar refractivity (Wildman–Crippen MR) is 100 cm³/mol. The van der Waals surface area contributed by atoms with E-state index in [1.807, 2.05) is 42.5 Å². The van der Waals surface area contributed by atoms with Crippen molar-refractivity contribution < 1.29 is 14.3 Å². The number of nitrogens with one attached hydrogen (secondary N) is 1. The SMILES string of the molecule is COc1ccc2ccc(O[C@@H](C)C(=O)Nc3cccc(C#N)c3)cc2c1. The van der Waals surface area contributed by atoms with Gasteiger partial charge in [-0.05, 0) is 60.2 Å². The van der Waals surface area contributed by atoms with E-state index in [9.17, 15) is 4.79 Å². The third-order valence-electron chi connectivity index (χ3n) is 3.96. The lowest BCUT2D eigenvalue weighted by Gasteiger charge is -2.15. The van der Waals surface area contributed by atoms with Crippen LogP contribution in [-0.4, -0.2) is 19.1 Å². The van der Waals surface area contributed by atoms with Crippen molar-refractivity contribution in [2.75, 3.05) is 12.4 Å². The summed E-state index contributed by atoms with van der Waals surface area (Å²) >= 11 is 0. The lowest BCUT2D eigenvalue weighted by Crippen LogP contribution is -2.30. The van der Waals surface area contributed by atoms with Gasteiger partial charge in [-0.15, -0.1) is 0 Å². The Bertz CT molecular complexity index is 992. The van der Waals surface area contributed by atoms with Gasteiger partial charge in [-0.1, -0.05) is 18.2 Å². The number of anilines is 1. The van der Waals surface area contributed by atoms with Gasteiger partial charge in [-0.25, -0.2) is 0 Å². The van der Waals surface area contributed by atoms with Gasteiger partial charge in [0.1, 0.15) is 11.5 Å². The zero-order valence-electron chi connectivity index (χ0n) is 14.5. The number of amides is 1. The van der Waals surface area contributed by atoms with E-state index >= 15 is 0 Å². The standard InChI is InChI=1S/C21H18N2O3/c1-14(21(24)23-18-5-3-4-15(10-18)13-22)26-20-9-7-16-6-8-19(25-2)11-17(16)12-20/h3-12,14H,1-2H3,(H,23,24)/t14-/m0/s1. The van der Waals surface area contributed by atoms with Crippen LogP contribution in [0.2, 0.25) is 0 Å². The molecule has 0 aliphatic rings. The molecule has 1 atom stereocenters. The van der Waals surface area contributed by atoms with Crippen LogP contribution in [0.25, 0.3) is 10.8 Å². The molecule has 0 saturated heterocycles. The Labute approximate surface area is 151 Å². The topological polar surface area (TPSA) is 71.3 Å². The fourth-order valence-corrected chi connectivity index (χ4v) is 2.57. The summed E-state index contributed by atoms with van der Waals surface area (Å²) in [6.45, 7) is 1.68. The molecule has 130 valence electrons. The molecule has 0 unspecified atom stereocenters. The summed E-state index contributed by atoms with van der Waals surface area (Å²) in [6.07, 6.45) is -0.691. The van der Waals surface area contributed by atoms with Crippen molar-refractivity contribution in [2.24, 2.45) is 0 Å². The zero-order valence-corrected chi connectivity index (χ0v) is 14.5. The van der Waals surface area contributed by atoms with Crippen molar-refractivity contribution >= 4 is 22.4 Å². The molecule has 0 aliphatic carbocycles. The zero-order chi connectivity index (χ0) is 18.5. The van der Waals surface area contributed by atoms with E-state index in [-0.39, 0.29) is 5.91 Å². The van der Waals surface area contributed by atoms with E-state index in [1.54, 1.807) is 38.3 Å². The van der Waals surface area contributed by atoms with Gasteiger partial charge in [-0.2, -0.15) is 5.26 Å². The highest BCUT2D eigenvalue weighted by Crippen LogP contribution is 2.25. The highest BCUT2D eigenvalue weighted by Gasteiger charge is 2.15. The number of methoxy groups -OCH3 is 1. The molecule has 0 saturated carbocycles. The number of nitriles is 1. The highest BCUT2D eigenvalue weighted by atomic mass is 16.5. The number of benzene rings is 3. The normalized spacial score (nSPS) is 11.4. The van der Waals surface area contributed by atoms with Crippen LogP contribution in [0.3, 0.4) is 0 Å². The number of fused-ring (bicyclic) bond motifs is 1. The van der Waals surface area contributed by atoms with Crippen LogP contribution in [-0.2, 0) is 4.79 Å². The third kappa shape index (κ3) is 3.93. The number of carbonyl (C=O) groups excluding carboxylic acids is 1. The van der Waals surface area contributed by atoms with Crippen molar-refractivity contribution in [3.05, 3.63) is 66.2 Å². The van der Waals surface area contributed by atoms with Gasteiger partial charge in [-0.3, -0.25) is 4.79 Å². The van der Waals surface area contributed by atoms with Crippen LogP contribution in [0.4, 0.5) is 5.69 Å². The Balaban J connectivity index is 1.72. The second kappa shape index (κ2) is 7.58. The molecule has 3 rings (SSSR count). The molecule has 1 amide bonds. The minimum atomic E-state index is -0.691. The molecule has 5 nitrogen and oxygen atoms in total. The number of carbonyl (C=O) groups is 1. The summed E-state index contributed by atoms with van der Waals surface area (Å²) in [5, 5.41) is 13.7. The van der Waals surface area contributed by atoms with E-state index in [1.165, 1.54) is 0 Å². The molecule has 0 bridgehead atoms. The number of nitrogens with zero attached hydrogens (tertiary/aromatic N) is 1. The number of hydrogen-bond acceptors (Lipinski definition) is 4. The first-order valence-electron chi connectivity index (χ1n) is 8.14. The average Bonchev–Trinajstić information content (AvgIpc) is 2.67. The largest absolute Gasteiger partial charge is 0.497 e. The summed E-state index contributed by atoms with van der Waals surface area (Å²) in [5.74, 6) is 1.07. The minimum Gasteiger partial charge on any atom is -0.497 e. The van der Waals surface area contributed by atoms with Crippen LogP contribution in [0.15, 0.2) is 60.7 Å². The summed E-state index contributed by atoms with van der Waals surface area (Å²) in [6, 6.07) is 20.2. The summed E-state index contributed by atoms with van der Waals surface area (Å²) in [5.41, 5.74) is 1.05. The van der Waals surface area contributed by atoms with Crippen molar-refractivity contribution in [1.82, 2.24) is 0 Å². The van der Waals surface area contributed by atoms with Crippen molar-refractivity contribution in [3.63, 3.8) is 0 Å². The molecular weight excluding hydrogens is 328 g/mol. The maximum atomic E-state index is 12.3. The summed E-state index contributed by atoms with van der Waals surface area (Å²) in [4.78, 5) is 12.3. The van der Waals surface area contributed by atoms with Gasteiger partial charge < -0.3 is 14.8 Å². The first-order valence-corrected chi connectivity index (χ1v) is 8.14. The Morgan fingerprint density at radius 1 is 1.04 bits per heavy atom. The maximum absolute atomic E-state index is 12.3. The second-order valence-electron chi connectivity index (χ2n) is 5.82. The maximum Gasteiger partial charge on any atom is 0.265 e. The first-order chi connectivity index (χ1) is 12.6. The lowest BCUT2D eigenvalue weighted by molar-refractivity contribution is -0.122. The average molecular weight is 346 g/mol. The Morgan fingerprint density at radius 3 is 2.50 bits per heavy atom. The monoisotopic (exact) mass is 346 g/mol. The number of rotatable bonds is 5. The lowest BCUT2D eigenvalue weighted by atomic mass is 10.1. The Kier molecular flexibility index (Phi) is 5.04. The van der Waals surface area contributed by atoms with E-state index in [4.69, 9.17) is 14.7 Å².